The third kappa shape index (κ3) is 14.3. The summed E-state index contributed by atoms with van der Waals surface area (Å²) in [7, 11) is 0. The van der Waals surface area contributed by atoms with Gasteiger partial charge in [-0.15, -0.1) is 0 Å². The summed E-state index contributed by atoms with van der Waals surface area (Å²) in [6, 6.07) is 10.1. The zero-order valence-electron chi connectivity index (χ0n) is 31.6. The molecule has 0 saturated carbocycles. The van der Waals surface area contributed by atoms with Crippen molar-refractivity contribution < 1.29 is 19.2 Å². The van der Waals surface area contributed by atoms with E-state index in [9.17, 15) is 19.2 Å². The van der Waals surface area contributed by atoms with Crippen molar-refractivity contribution in [2.75, 3.05) is 13.1 Å². The highest BCUT2D eigenvalue weighted by molar-refractivity contribution is 5.95. The second-order valence-corrected chi connectivity index (χ2v) is 14.6. The normalized spacial score (nSPS) is 15.2. The number of guanidine groups is 2. The lowest BCUT2D eigenvalue weighted by atomic mass is 9.85. The Morgan fingerprint density at radius 1 is 0.796 bits per heavy atom. The third-order valence-electron chi connectivity index (χ3n) is 8.95. The van der Waals surface area contributed by atoms with Gasteiger partial charge in [-0.25, -0.2) is 4.99 Å². The number of fused-ring (bicyclic) bond motifs is 1. The molecule has 0 aromatic heterocycles. The number of benzene rings is 2. The number of nitrogens with zero attached hydrogens (tertiary/aromatic N) is 2. The van der Waals surface area contributed by atoms with Gasteiger partial charge in [0.2, 0.25) is 23.6 Å². The van der Waals surface area contributed by atoms with Crippen LogP contribution in [0, 0.1) is 5.41 Å². The van der Waals surface area contributed by atoms with E-state index in [0.29, 0.717) is 50.9 Å². The Bertz CT molecular complexity index is 1630. The molecule has 4 amide bonds. The molecule has 54 heavy (non-hydrogen) atoms. The zero-order chi connectivity index (χ0) is 39.8. The molecule has 0 aliphatic carbocycles. The van der Waals surface area contributed by atoms with Crippen LogP contribution in [-0.2, 0) is 45.2 Å². The molecule has 17 heteroatoms. The minimum Gasteiger partial charge on any atom is -0.370 e. The maximum atomic E-state index is 13.9. The molecule has 2 aromatic carbocycles. The summed E-state index contributed by atoms with van der Waals surface area (Å²) >= 11 is 0. The third-order valence-corrected chi connectivity index (χ3v) is 8.95. The highest BCUT2D eigenvalue weighted by Crippen LogP contribution is 2.23. The van der Waals surface area contributed by atoms with Gasteiger partial charge in [0, 0.05) is 19.6 Å². The summed E-state index contributed by atoms with van der Waals surface area (Å²) in [5.74, 6) is -1.97. The van der Waals surface area contributed by atoms with Crippen LogP contribution in [0.4, 0.5) is 0 Å². The zero-order valence-corrected chi connectivity index (χ0v) is 31.6. The van der Waals surface area contributed by atoms with Crippen LogP contribution in [0.3, 0.4) is 0 Å². The number of carbonyl (C=O) groups excluding carboxylic acids is 4. The van der Waals surface area contributed by atoms with Crippen LogP contribution in [0.5, 0.6) is 0 Å². The minimum atomic E-state index is -1.06. The number of aliphatic imine (C=N–C) groups is 2. The summed E-state index contributed by atoms with van der Waals surface area (Å²) in [6.45, 7) is 7.29. The predicted molar refractivity (Wildman–Crippen MR) is 210 cm³/mol. The first-order chi connectivity index (χ1) is 25.6. The lowest BCUT2D eigenvalue weighted by molar-refractivity contribution is -0.136. The van der Waals surface area contributed by atoms with E-state index in [-0.39, 0.29) is 49.9 Å². The highest BCUT2D eigenvalue weighted by Gasteiger charge is 2.36. The second-order valence-electron chi connectivity index (χ2n) is 14.6. The number of hydrogen-bond acceptors (Lipinski definition) is 9. The van der Waals surface area contributed by atoms with Crippen molar-refractivity contribution in [1.82, 2.24) is 26.6 Å². The number of nitrogens with two attached hydrogens (primary N) is 6. The molecular weight excluding hydrogens is 690 g/mol. The molecule has 296 valence electrons. The van der Waals surface area contributed by atoms with Gasteiger partial charge < -0.3 is 55.7 Å². The molecule has 1 aliphatic heterocycles. The van der Waals surface area contributed by atoms with Crippen LogP contribution in [0.2, 0.25) is 0 Å². The molecule has 0 bridgehead atoms. The molecule has 1 unspecified atom stereocenters. The lowest BCUT2D eigenvalue weighted by Gasteiger charge is -2.33. The molecule has 17 N–H and O–H groups in total. The molecule has 1 heterocycles. The fraction of sp³-hybridized carbons (Fsp3) is 0.514. The van der Waals surface area contributed by atoms with Crippen LogP contribution in [0.1, 0.15) is 86.9 Å². The standard InChI is InChI=1S/C37H59N13O4/c1-37(2,3)30(34(54)49-27(7-4-5-15-38)32(52)46-20-24-13-14-26-25(17-24)21-45-31(26)39)50-33(53)28(8-6-16-44-35(40)41)48-29(51)18-22-9-11-23(12-10-22)19-47-36(42)43/h9-14,17,27-28,30-31,45H,4-8,15-16,18-21,38-39H2,1-3H3,(H,46,52)(H,48,51)(H,49,54)(H,50,53)(H4,40,41,44)(H4,42,43,47)/t27-,28-,30+,31?/m0/s1. The molecule has 1 aliphatic rings. The van der Waals surface area contributed by atoms with Gasteiger partial charge in [-0.05, 0) is 71.9 Å². The Labute approximate surface area is 317 Å². The largest absolute Gasteiger partial charge is 0.370 e. The lowest BCUT2D eigenvalue weighted by Crippen LogP contribution is -2.60. The number of hydrogen-bond donors (Lipinski definition) is 11. The van der Waals surface area contributed by atoms with E-state index < -0.39 is 41.3 Å². The SMILES string of the molecule is CC(C)(C)[C@H](NC(=O)[C@H](CCCN=C(N)N)NC(=O)Cc1ccc(CN=C(N)N)cc1)C(=O)N[C@@H](CCCCN)C(=O)NCc1ccc2c(c1)CNC2N. The quantitative estimate of drug-likeness (QED) is 0.0446. The monoisotopic (exact) mass is 749 g/mol. The van der Waals surface area contributed by atoms with Gasteiger partial charge in [-0.3, -0.25) is 29.5 Å². The average molecular weight is 750 g/mol. The maximum absolute atomic E-state index is 13.9. The number of carbonyl (C=O) groups is 4. The van der Waals surface area contributed by atoms with Gasteiger partial charge in [0.25, 0.3) is 0 Å². The van der Waals surface area contributed by atoms with E-state index in [1.807, 2.05) is 30.3 Å². The van der Waals surface area contributed by atoms with Crippen LogP contribution in [-0.4, -0.2) is 66.8 Å². The Morgan fingerprint density at radius 2 is 1.43 bits per heavy atom. The van der Waals surface area contributed by atoms with Crippen molar-refractivity contribution >= 4 is 35.5 Å². The van der Waals surface area contributed by atoms with Gasteiger partial charge in [-0.2, -0.15) is 0 Å². The maximum Gasteiger partial charge on any atom is 0.243 e. The van der Waals surface area contributed by atoms with Gasteiger partial charge in [0.15, 0.2) is 11.9 Å². The van der Waals surface area contributed by atoms with Crippen molar-refractivity contribution in [3.63, 3.8) is 0 Å². The van der Waals surface area contributed by atoms with E-state index in [4.69, 9.17) is 34.4 Å². The fourth-order valence-electron chi connectivity index (χ4n) is 5.95. The Kier molecular flexibility index (Phi) is 16.7. The summed E-state index contributed by atoms with van der Waals surface area (Å²) in [6.07, 6.45) is 1.97. The Balaban J connectivity index is 1.72. The summed E-state index contributed by atoms with van der Waals surface area (Å²) < 4.78 is 0. The first kappa shape index (κ1) is 43.1. The van der Waals surface area contributed by atoms with Crippen molar-refractivity contribution in [2.24, 2.45) is 49.8 Å². The number of rotatable bonds is 20. The van der Waals surface area contributed by atoms with E-state index in [1.54, 1.807) is 32.9 Å². The molecule has 0 fully saturated rings. The van der Waals surface area contributed by atoms with E-state index in [1.165, 1.54) is 0 Å². The van der Waals surface area contributed by atoms with Crippen molar-refractivity contribution in [1.29, 1.82) is 0 Å². The molecule has 0 spiro atoms. The second kappa shape index (κ2) is 20.8. The first-order valence-corrected chi connectivity index (χ1v) is 18.2. The topological polar surface area (TPSA) is 309 Å². The Morgan fingerprint density at radius 3 is 2.07 bits per heavy atom. The van der Waals surface area contributed by atoms with Gasteiger partial charge >= 0.3 is 0 Å². The highest BCUT2D eigenvalue weighted by atomic mass is 16.2. The van der Waals surface area contributed by atoms with E-state index in [2.05, 4.69) is 36.6 Å². The molecule has 0 radical (unpaired) electrons. The molecule has 2 aromatic rings. The molecule has 0 saturated heterocycles. The summed E-state index contributed by atoms with van der Waals surface area (Å²) in [5.41, 5.74) is 37.4. The van der Waals surface area contributed by atoms with Crippen LogP contribution < -0.4 is 61.0 Å². The van der Waals surface area contributed by atoms with E-state index >= 15 is 0 Å². The smallest absolute Gasteiger partial charge is 0.243 e. The minimum absolute atomic E-state index is 0.00107. The number of unbranched alkanes of at least 4 members (excludes halogenated alkanes) is 1. The average Bonchev–Trinajstić information content (AvgIpc) is 3.48. The summed E-state index contributed by atoms with van der Waals surface area (Å²) in [4.78, 5) is 62.5. The van der Waals surface area contributed by atoms with Gasteiger partial charge in [0.1, 0.15) is 18.1 Å². The number of nitrogens with one attached hydrogen (secondary N) is 5. The molecule has 4 atom stereocenters. The van der Waals surface area contributed by atoms with Crippen LogP contribution in [0.25, 0.3) is 0 Å². The van der Waals surface area contributed by atoms with Crippen LogP contribution >= 0.6 is 0 Å². The van der Waals surface area contributed by atoms with E-state index in [0.717, 1.165) is 22.3 Å². The summed E-state index contributed by atoms with van der Waals surface area (Å²) in [5, 5.41) is 14.7. The Hall–Kier alpha value is -5.26. The van der Waals surface area contributed by atoms with Crippen LogP contribution in [0.15, 0.2) is 52.4 Å². The molecular formula is C37H59N13O4. The van der Waals surface area contributed by atoms with Gasteiger partial charge in [0.05, 0.1) is 19.1 Å². The van der Waals surface area contributed by atoms with Crippen molar-refractivity contribution in [3.05, 3.63) is 70.3 Å². The van der Waals surface area contributed by atoms with Gasteiger partial charge in [-0.1, -0.05) is 63.2 Å². The molecule has 17 nitrogen and oxygen atoms in total. The van der Waals surface area contributed by atoms with Crippen molar-refractivity contribution in [3.8, 4) is 0 Å². The predicted octanol–water partition coefficient (Wildman–Crippen LogP) is -0.938. The first-order valence-electron chi connectivity index (χ1n) is 18.2. The number of amides is 4. The van der Waals surface area contributed by atoms with Crippen molar-refractivity contribution in [2.45, 2.75) is 103 Å². The fourth-order valence-corrected chi connectivity index (χ4v) is 5.95. The molecule has 3 rings (SSSR count).